The molecule has 1 saturated heterocycles. The molecule has 1 heterocycles. The van der Waals surface area contributed by atoms with E-state index in [9.17, 15) is 9.59 Å². The summed E-state index contributed by atoms with van der Waals surface area (Å²) in [5.74, 6) is 0.767. The Morgan fingerprint density at radius 3 is 2.63 bits per heavy atom. The Bertz CT molecular complexity index is 475. The summed E-state index contributed by atoms with van der Waals surface area (Å²) in [6.45, 7) is 2.12. The van der Waals surface area contributed by atoms with Crippen molar-refractivity contribution in [2.75, 3.05) is 10.7 Å². The SMILES string of the molecule is CCCCS[C@H]1CC(=O)N(c2ccc(Br)cc2)C1=O. The number of benzene rings is 1. The molecule has 1 aromatic rings. The number of hydrogen-bond acceptors (Lipinski definition) is 3. The molecule has 0 unspecified atom stereocenters. The third-order valence-corrected chi connectivity index (χ3v) is 4.83. The van der Waals surface area contributed by atoms with Crippen molar-refractivity contribution in [1.29, 1.82) is 0 Å². The predicted molar refractivity (Wildman–Crippen MR) is 82.4 cm³/mol. The van der Waals surface area contributed by atoms with E-state index in [2.05, 4.69) is 22.9 Å². The van der Waals surface area contributed by atoms with E-state index < -0.39 is 0 Å². The minimum Gasteiger partial charge on any atom is -0.274 e. The topological polar surface area (TPSA) is 37.4 Å². The Morgan fingerprint density at radius 2 is 2.00 bits per heavy atom. The first-order valence-electron chi connectivity index (χ1n) is 6.37. The van der Waals surface area contributed by atoms with Crippen LogP contribution in [0, 0.1) is 0 Å². The molecule has 0 radical (unpaired) electrons. The van der Waals surface area contributed by atoms with Crippen LogP contribution in [0.2, 0.25) is 0 Å². The summed E-state index contributed by atoms with van der Waals surface area (Å²) in [6, 6.07) is 7.26. The average molecular weight is 342 g/mol. The summed E-state index contributed by atoms with van der Waals surface area (Å²) < 4.78 is 0.934. The number of rotatable bonds is 5. The maximum absolute atomic E-state index is 12.3. The molecule has 5 heteroatoms. The maximum Gasteiger partial charge on any atom is 0.247 e. The molecule has 1 atom stereocenters. The van der Waals surface area contributed by atoms with E-state index in [1.807, 2.05) is 12.1 Å². The second kappa shape index (κ2) is 6.57. The van der Waals surface area contributed by atoms with E-state index in [0.29, 0.717) is 12.1 Å². The van der Waals surface area contributed by atoms with Crippen molar-refractivity contribution >= 4 is 45.2 Å². The van der Waals surface area contributed by atoms with Crippen LogP contribution in [0.1, 0.15) is 26.2 Å². The monoisotopic (exact) mass is 341 g/mol. The molecule has 2 rings (SSSR count). The summed E-state index contributed by atoms with van der Waals surface area (Å²) in [4.78, 5) is 25.6. The second-order valence-corrected chi connectivity index (χ2v) is 6.69. The fourth-order valence-electron chi connectivity index (χ4n) is 1.97. The Kier molecular flexibility index (Phi) is 5.05. The van der Waals surface area contributed by atoms with Gasteiger partial charge < -0.3 is 0 Å². The highest BCUT2D eigenvalue weighted by Gasteiger charge is 2.39. The highest BCUT2D eigenvalue weighted by molar-refractivity contribution is 9.10. The lowest BCUT2D eigenvalue weighted by molar-refractivity contribution is -0.121. The van der Waals surface area contributed by atoms with Crippen LogP contribution in [-0.4, -0.2) is 22.8 Å². The van der Waals surface area contributed by atoms with Crippen LogP contribution in [0.3, 0.4) is 0 Å². The maximum atomic E-state index is 12.3. The van der Waals surface area contributed by atoms with Crippen LogP contribution in [0.4, 0.5) is 5.69 Å². The summed E-state index contributed by atoms with van der Waals surface area (Å²) in [5.41, 5.74) is 0.664. The molecule has 102 valence electrons. The standard InChI is InChI=1S/C14H16BrNO2S/c1-2-3-8-19-12-9-13(17)16(14(12)18)11-6-4-10(15)5-7-11/h4-7,12H,2-3,8-9H2,1H3/t12-/m0/s1. The molecule has 0 bridgehead atoms. The number of carbonyl (C=O) groups excluding carboxylic acids is 2. The number of thioether (sulfide) groups is 1. The Balaban J connectivity index is 2.08. The second-order valence-electron chi connectivity index (χ2n) is 4.46. The lowest BCUT2D eigenvalue weighted by Gasteiger charge is -2.14. The first-order valence-corrected chi connectivity index (χ1v) is 8.21. The molecule has 1 aliphatic rings. The van der Waals surface area contributed by atoms with Crippen molar-refractivity contribution in [3.8, 4) is 0 Å². The molecule has 0 N–H and O–H groups in total. The fourth-order valence-corrected chi connectivity index (χ4v) is 3.48. The summed E-state index contributed by atoms with van der Waals surface area (Å²) >= 11 is 4.95. The molecular weight excluding hydrogens is 326 g/mol. The van der Waals surface area contributed by atoms with E-state index in [1.54, 1.807) is 23.9 Å². The number of anilines is 1. The molecular formula is C14H16BrNO2S. The van der Waals surface area contributed by atoms with Gasteiger partial charge >= 0.3 is 0 Å². The van der Waals surface area contributed by atoms with Gasteiger partial charge in [0.2, 0.25) is 11.8 Å². The third kappa shape index (κ3) is 3.39. The molecule has 19 heavy (non-hydrogen) atoms. The number of hydrogen-bond donors (Lipinski definition) is 0. The first-order chi connectivity index (χ1) is 9.13. The Labute approximate surface area is 125 Å². The number of carbonyl (C=O) groups is 2. The molecule has 0 saturated carbocycles. The minimum absolute atomic E-state index is 0.0755. The smallest absolute Gasteiger partial charge is 0.247 e. The van der Waals surface area contributed by atoms with Crippen LogP contribution in [0.15, 0.2) is 28.7 Å². The summed E-state index contributed by atoms with van der Waals surface area (Å²) in [6.07, 6.45) is 2.52. The molecule has 3 nitrogen and oxygen atoms in total. The highest BCUT2D eigenvalue weighted by atomic mass is 79.9. The number of unbranched alkanes of at least 4 members (excludes halogenated alkanes) is 1. The minimum atomic E-state index is -0.206. The average Bonchev–Trinajstić information content (AvgIpc) is 2.67. The van der Waals surface area contributed by atoms with Gasteiger partial charge in [0.15, 0.2) is 0 Å². The zero-order chi connectivity index (χ0) is 13.8. The van der Waals surface area contributed by atoms with Gasteiger partial charge in [0.1, 0.15) is 0 Å². The first kappa shape index (κ1) is 14.6. The van der Waals surface area contributed by atoms with Gasteiger partial charge in [0.05, 0.1) is 10.9 Å². The van der Waals surface area contributed by atoms with Gasteiger partial charge in [0, 0.05) is 10.9 Å². The molecule has 2 amide bonds. The lowest BCUT2D eigenvalue weighted by Crippen LogP contribution is -2.31. The lowest BCUT2D eigenvalue weighted by atomic mass is 10.3. The van der Waals surface area contributed by atoms with Gasteiger partial charge in [0.25, 0.3) is 0 Å². The number of halogens is 1. The predicted octanol–water partition coefficient (Wildman–Crippen LogP) is 3.61. The molecule has 1 fully saturated rings. The zero-order valence-electron chi connectivity index (χ0n) is 10.8. The van der Waals surface area contributed by atoms with Crippen molar-refractivity contribution in [2.24, 2.45) is 0 Å². The van der Waals surface area contributed by atoms with E-state index in [0.717, 1.165) is 23.1 Å². The van der Waals surface area contributed by atoms with Gasteiger partial charge in [-0.2, -0.15) is 0 Å². The van der Waals surface area contributed by atoms with E-state index in [-0.39, 0.29) is 17.1 Å². The largest absolute Gasteiger partial charge is 0.274 e. The Morgan fingerprint density at radius 1 is 1.32 bits per heavy atom. The molecule has 1 aliphatic heterocycles. The third-order valence-electron chi connectivity index (χ3n) is 3.01. The molecule has 0 aliphatic carbocycles. The zero-order valence-corrected chi connectivity index (χ0v) is 13.2. The van der Waals surface area contributed by atoms with Crippen molar-refractivity contribution in [1.82, 2.24) is 0 Å². The van der Waals surface area contributed by atoms with Crippen molar-refractivity contribution in [3.05, 3.63) is 28.7 Å². The fraction of sp³-hybridized carbons (Fsp3) is 0.429. The quantitative estimate of drug-likeness (QED) is 0.606. The molecule has 1 aromatic carbocycles. The van der Waals surface area contributed by atoms with Crippen LogP contribution < -0.4 is 4.90 Å². The van der Waals surface area contributed by atoms with Crippen LogP contribution in [0.5, 0.6) is 0 Å². The van der Waals surface area contributed by atoms with Crippen LogP contribution in [-0.2, 0) is 9.59 Å². The van der Waals surface area contributed by atoms with Gasteiger partial charge in [-0.05, 0) is 36.4 Å². The summed E-state index contributed by atoms with van der Waals surface area (Å²) in [5, 5.41) is -0.206. The number of amides is 2. The van der Waals surface area contributed by atoms with Crippen LogP contribution in [0.25, 0.3) is 0 Å². The van der Waals surface area contributed by atoms with Gasteiger partial charge in [-0.1, -0.05) is 29.3 Å². The van der Waals surface area contributed by atoms with Crippen LogP contribution >= 0.6 is 27.7 Å². The summed E-state index contributed by atoms with van der Waals surface area (Å²) in [7, 11) is 0. The van der Waals surface area contributed by atoms with Gasteiger partial charge in [-0.3, -0.25) is 9.59 Å². The van der Waals surface area contributed by atoms with E-state index in [1.165, 1.54) is 4.90 Å². The van der Waals surface area contributed by atoms with Gasteiger partial charge in [-0.25, -0.2) is 4.90 Å². The molecule has 0 aromatic heterocycles. The highest BCUT2D eigenvalue weighted by Crippen LogP contribution is 2.30. The van der Waals surface area contributed by atoms with E-state index >= 15 is 0 Å². The van der Waals surface area contributed by atoms with Crippen molar-refractivity contribution in [3.63, 3.8) is 0 Å². The number of nitrogens with zero attached hydrogens (tertiary/aromatic N) is 1. The van der Waals surface area contributed by atoms with Crippen molar-refractivity contribution in [2.45, 2.75) is 31.4 Å². The number of imide groups is 1. The van der Waals surface area contributed by atoms with Crippen molar-refractivity contribution < 1.29 is 9.59 Å². The molecule has 0 spiro atoms. The normalized spacial score (nSPS) is 19.3. The Hall–Kier alpha value is -0.810. The van der Waals surface area contributed by atoms with Gasteiger partial charge in [-0.15, -0.1) is 11.8 Å². The van der Waals surface area contributed by atoms with E-state index in [4.69, 9.17) is 0 Å².